The van der Waals surface area contributed by atoms with E-state index in [9.17, 15) is 9.90 Å². The number of nitrogens with zero attached hydrogens (tertiary/aromatic N) is 1. The zero-order valence-electron chi connectivity index (χ0n) is 27.3. The average Bonchev–Trinajstić information content (AvgIpc) is 3.31. The molecule has 10 atom stereocenters. The fourth-order valence-electron chi connectivity index (χ4n) is 12.4. The third-order valence-corrected chi connectivity index (χ3v) is 15.0. The number of carbonyl (C=O) groups excluding carboxylic acids is 1. The monoisotopic (exact) mass is 555 g/mol. The minimum absolute atomic E-state index is 0.0147. The summed E-state index contributed by atoms with van der Waals surface area (Å²) in [5, 5.41) is 11.0. The number of carbonyl (C=O) groups is 1. The highest BCUT2D eigenvalue weighted by Crippen LogP contribution is 2.77. The molecule has 40 heavy (non-hydrogen) atoms. The molecule has 0 heterocycles. The molecule has 5 aliphatic carbocycles. The minimum atomic E-state index is -0.335. The number of hydrogen-bond acceptors (Lipinski definition) is 4. The highest BCUT2D eigenvalue weighted by Gasteiger charge is 2.72. The van der Waals surface area contributed by atoms with Gasteiger partial charge in [-0.05, 0) is 135 Å². The zero-order valence-corrected chi connectivity index (χ0v) is 27.3. The second-order valence-corrected chi connectivity index (χ2v) is 16.4. The van der Waals surface area contributed by atoms with E-state index in [1.807, 2.05) is 0 Å². The van der Waals surface area contributed by atoms with Crippen molar-refractivity contribution in [1.29, 1.82) is 0 Å². The molecule has 5 saturated carbocycles. The first-order valence-corrected chi connectivity index (χ1v) is 17.0. The van der Waals surface area contributed by atoms with Crippen LogP contribution in [0.3, 0.4) is 0 Å². The number of rotatable bonds is 7. The van der Waals surface area contributed by atoms with Crippen molar-refractivity contribution >= 4 is 5.97 Å². The molecule has 0 bridgehead atoms. The molecule has 1 N–H and O–H groups in total. The Morgan fingerprint density at radius 2 is 1.57 bits per heavy atom. The molecule has 0 aromatic heterocycles. The number of fused-ring (bicyclic) bond motifs is 7. The van der Waals surface area contributed by atoms with Crippen molar-refractivity contribution in [3.05, 3.63) is 12.2 Å². The average molecular weight is 556 g/mol. The van der Waals surface area contributed by atoms with Crippen LogP contribution in [-0.2, 0) is 9.53 Å². The SMILES string of the molecule is C=C(C)C1CCC2(C(=O)OCCN(CC)CC)CCC3(C)C(CCC4C5(C)CCC(O)C(C)(C)C5CCC43C)C12. The lowest BCUT2D eigenvalue weighted by Gasteiger charge is -2.72. The third-order valence-electron chi connectivity index (χ3n) is 15.0. The standard InChI is InChI=1S/C36H61NO3/c1-10-37(11-2)22-23-40-31(39)36-19-14-25(24(3)4)30(36)26-12-13-28-33(7)17-16-29(38)32(5,6)27(33)15-18-35(28,9)34(26,8)20-21-36/h25-30,38H,3,10-23H2,1-2,4-9H3. The van der Waals surface area contributed by atoms with E-state index in [1.54, 1.807) is 0 Å². The van der Waals surface area contributed by atoms with Gasteiger partial charge in [-0.1, -0.05) is 60.6 Å². The summed E-state index contributed by atoms with van der Waals surface area (Å²) in [7, 11) is 0. The van der Waals surface area contributed by atoms with Gasteiger partial charge in [-0.15, -0.1) is 0 Å². The number of aliphatic hydroxyl groups is 1. The molecule has 5 rings (SSSR count). The Morgan fingerprint density at radius 3 is 2.23 bits per heavy atom. The van der Waals surface area contributed by atoms with Gasteiger partial charge < -0.3 is 14.7 Å². The van der Waals surface area contributed by atoms with Crippen molar-refractivity contribution in [2.75, 3.05) is 26.2 Å². The van der Waals surface area contributed by atoms with E-state index in [1.165, 1.54) is 31.3 Å². The Bertz CT molecular complexity index is 987. The summed E-state index contributed by atoms with van der Waals surface area (Å²) >= 11 is 0. The highest BCUT2D eigenvalue weighted by molar-refractivity contribution is 5.78. The molecule has 0 aromatic rings. The Kier molecular flexibility index (Phi) is 7.94. The van der Waals surface area contributed by atoms with Crippen LogP contribution in [0.25, 0.3) is 0 Å². The first kappa shape index (κ1) is 30.6. The number of aliphatic hydroxyl groups excluding tert-OH is 1. The van der Waals surface area contributed by atoms with Gasteiger partial charge in [0.2, 0.25) is 0 Å². The van der Waals surface area contributed by atoms with Crippen LogP contribution in [0, 0.1) is 56.7 Å². The van der Waals surface area contributed by atoms with Gasteiger partial charge in [-0.3, -0.25) is 4.79 Å². The summed E-state index contributed by atoms with van der Waals surface area (Å²) in [6.45, 7) is 27.0. The summed E-state index contributed by atoms with van der Waals surface area (Å²) in [4.78, 5) is 16.5. The van der Waals surface area contributed by atoms with Gasteiger partial charge in [0.05, 0.1) is 11.5 Å². The normalized spacial score (nSPS) is 47.5. The van der Waals surface area contributed by atoms with Gasteiger partial charge in [0.25, 0.3) is 0 Å². The second kappa shape index (κ2) is 10.4. The van der Waals surface area contributed by atoms with Gasteiger partial charge in [0.1, 0.15) is 6.61 Å². The van der Waals surface area contributed by atoms with Gasteiger partial charge in [0.15, 0.2) is 0 Å². The lowest BCUT2D eigenvalue weighted by atomic mass is 9.32. The first-order valence-electron chi connectivity index (χ1n) is 17.0. The van der Waals surface area contributed by atoms with E-state index in [4.69, 9.17) is 4.74 Å². The van der Waals surface area contributed by atoms with Crippen LogP contribution in [0.4, 0.5) is 0 Å². The minimum Gasteiger partial charge on any atom is -0.464 e. The van der Waals surface area contributed by atoms with Crippen LogP contribution >= 0.6 is 0 Å². The van der Waals surface area contributed by atoms with E-state index < -0.39 is 0 Å². The molecule has 0 aliphatic heterocycles. The smallest absolute Gasteiger partial charge is 0.312 e. The van der Waals surface area contributed by atoms with Crippen LogP contribution in [0.1, 0.15) is 120 Å². The second-order valence-electron chi connectivity index (χ2n) is 16.4. The van der Waals surface area contributed by atoms with Crippen LogP contribution in [0.2, 0.25) is 0 Å². The van der Waals surface area contributed by atoms with E-state index in [0.29, 0.717) is 36.2 Å². The topological polar surface area (TPSA) is 49.8 Å². The molecule has 5 fully saturated rings. The van der Waals surface area contributed by atoms with Crippen molar-refractivity contribution in [3.8, 4) is 0 Å². The predicted octanol–water partition coefficient (Wildman–Crippen LogP) is 7.89. The summed E-state index contributed by atoms with van der Waals surface area (Å²) in [5.74, 6) is 2.70. The maximum absolute atomic E-state index is 14.1. The Hall–Kier alpha value is -0.870. The lowest BCUT2D eigenvalue weighted by molar-refractivity contribution is -0.248. The maximum atomic E-state index is 14.1. The molecule has 0 radical (unpaired) electrons. The number of allylic oxidation sites excluding steroid dienone is 1. The summed E-state index contributed by atoms with van der Waals surface area (Å²) in [6, 6.07) is 0. The maximum Gasteiger partial charge on any atom is 0.312 e. The van der Waals surface area contributed by atoms with Crippen LogP contribution in [0.5, 0.6) is 0 Å². The van der Waals surface area contributed by atoms with Crippen molar-refractivity contribution in [2.24, 2.45) is 56.7 Å². The first-order chi connectivity index (χ1) is 18.7. The predicted molar refractivity (Wildman–Crippen MR) is 164 cm³/mol. The van der Waals surface area contributed by atoms with Crippen LogP contribution in [-0.4, -0.2) is 48.3 Å². The van der Waals surface area contributed by atoms with Gasteiger partial charge >= 0.3 is 5.97 Å². The van der Waals surface area contributed by atoms with Crippen molar-refractivity contribution in [1.82, 2.24) is 4.90 Å². The summed E-state index contributed by atoms with van der Waals surface area (Å²) in [5.41, 5.74) is 1.69. The zero-order chi connectivity index (χ0) is 29.3. The van der Waals surface area contributed by atoms with Crippen LogP contribution in [0.15, 0.2) is 12.2 Å². The molecular formula is C36H61NO3. The molecule has 4 nitrogen and oxygen atoms in total. The molecule has 10 unspecified atom stereocenters. The van der Waals surface area contributed by atoms with E-state index in [0.717, 1.165) is 58.2 Å². The third kappa shape index (κ3) is 4.15. The Morgan fingerprint density at radius 1 is 0.875 bits per heavy atom. The Labute approximate surface area is 246 Å². The molecule has 0 amide bonds. The molecule has 0 saturated heterocycles. The molecule has 0 aromatic carbocycles. The quantitative estimate of drug-likeness (QED) is 0.256. The van der Waals surface area contributed by atoms with E-state index in [2.05, 4.69) is 66.9 Å². The lowest BCUT2D eigenvalue weighted by Crippen LogP contribution is -2.67. The number of likely N-dealkylation sites (N-methyl/N-ethyl adjacent to an activating group) is 1. The summed E-state index contributed by atoms with van der Waals surface area (Å²) in [6.07, 6.45) is 11.1. The molecule has 0 spiro atoms. The van der Waals surface area contributed by atoms with Gasteiger partial charge in [0, 0.05) is 6.54 Å². The number of esters is 1. The fraction of sp³-hybridized carbons (Fsp3) is 0.917. The molecule has 228 valence electrons. The van der Waals surface area contributed by atoms with Crippen molar-refractivity contribution in [2.45, 2.75) is 126 Å². The van der Waals surface area contributed by atoms with Gasteiger partial charge in [-0.2, -0.15) is 0 Å². The van der Waals surface area contributed by atoms with Gasteiger partial charge in [-0.25, -0.2) is 0 Å². The van der Waals surface area contributed by atoms with E-state index >= 15 is 0 Å². The van der Waals surface area contributed by atoms with Crippen molar-refractivity contribution < 1.29 is 14.6 Å². The number of hydrogen-bond donors (Lipinski definition) is 1. The van der Waals surface area contributed by atoms with E-state index in [-0.39, 0.29) is 39.1 Å². The fourth-order valence-corrected chi connectivity index (χ4v) is 12.4. The van der Waals surface area contributed by atoms with Crippen molar-refractivity contribution in [3.63, 3.8) is 0 Å². The number of ether oxygens (including phenoxy) is 1. The highest BCUT2D eigenvalue weighted by atomic mass is 16.5. The Balaban J connectivity index is 1.46. The molecule has 4 heteroatoms. The van der Waals surface area contributed by atoms with Crippen LogP contribution < -0.4 is 0 Å². The molecular weight excluding hydrogens is 494 g/mol. The molecule has 5 aliphatic rings. The largest absolute Gasteiger partial charge is 0.464 e. The summed E-state index contributed by atoms with van der Waals surface area (Å²) < 4.78 is 6.18.